The molecule has 1 saturated carbocycles. The Morgan fingerprint density at radius 2 is 2.25 bits per heavy atom. The largest absolute Gasteiger partial charge is 0.395 e. The molecule has 3 nitrogen and oxygen atoms in total. The minimum absolute atomic E-state index is 0.00427. The Kier molecular flexibility index (Phi) is 5.63. The summed E-state index contributed by atoms with van der Waals surface area (Å²) < 4.78 is 0. The second kappa shape index (κ2) is 7.47. The zero-order chi connectivity index (χ0) is 14.4. The van der Waals surface area contributed by atoms with Gasteiger partial charge in [-0.2, -0.15) is 0 Å². The SMILES string of the molecule is CC(NC(=O)c1ccc(C#CCCO)s1)C1CCCC1. The minimum Gasteiger partial charge on any atom is -0.395 e. The molecule has 1 unspecified atom stereocenters. The Hall–Kier alpha value is -1.31. The monoisotopic (exact) mass is 291 g/mol. The van der Waals surface area contributed by atoms with Gasteiger partial charge in [0, 0.05) is 12.5 Å². The molecule has 20 heavy (non-hydrogen) atoms. The van der Waals surface area contributed by atoms with E-state index in [0.29, 0.717) is 17.2 Å². The molecule has 2 N–H and O–H groups in total. The van der Waals surface area contributed by atoms with Crippen LogP contribution in [0.3, 0.4) is 0 Å². The Morgan fingerprint density at radius 3 is 2.95 bits per heavy atom. The fourth-order valence-electron chi connectivity index (χ4n) is 2.59. The summed E-state index contributed by atoms with van der Waals surface area (Å²) >= 11 is 1.41. The van der Waals surface area contributed by atoms with Crippen molar-refractivity contribution in [2.24, 2.45) is 5.92 Å². The number of carbonyl (C=O) groups is 1. The van der Waals surface area contributed by atoms with E-state index < -0.39 is 0 Å². The molecular formula is C16H21NO2S. The first-order valence-corrected chi connectivity index (χ1v) is 8.03. The number of amides is 1. The van der Waals surface area contributed by atoms with Crippen LogP contribution in [0.4, 0.5) is 0 Å². The number of aliphatic hydroxyl groups excluding tert-OH is 1. The highest BCUT2D eigenvalue weighted by Crippen LogP contribution is 2.27. The highest BCUT2D eigenvalue weighted by Gasteiger charge is 2.23. The van der Waals surface area contributed by atoms with E-state index in [4.69, 9.17) is 5.11 Å². The molecule has 1 aliphatic rings. The normalized spacial score (nSPS) is 16.5. The van der Waals surface area contributed by atoms with Crippen molar-refractivity contribution in [2.45, 2.75) is 45.1 Å². The Balaban J connectivity index is 1.90. The molecule has 1 amide bonds. The van der Waals surface area contributed by atoms with E-state index in [2.05, 4.69) is 24.1 Å². The molecule has 0 radical (unpaired) electrons. The van der Waals surface area contributed by atoms with Gasteiger partial charge in [-0.05, 0) is 37.8 Å². The maximum atomic E-state index is 12.2. The summed E-state index contributed by atoms with van der Waals surface area (Å²) in [6, 6.07) is 3.94. The molecule has 1 atom stereocenters. The molecule has 1 aliphatic carbocycles. The number of aliphatic hydroxyl groups is 1. The van der Waals surface area contributed by atoms with Crippen LogP contribution in [0.25, 0.3) is 0 Å². The first-order valence-electron chi connectivity index (χ1n) is 7.21. The summed E-state index contributed by atoms with van der Waals surface area (Å²) in [6.07, 6.45) is 5.49. The lowest BCUT2D eigenvalue weighted by atomic mass is 10.00. The first kappa shape index (κ1) is 15.1. The van der Waals surface area contributed by atoms with Crippen LogP contribution in [0.1, 0.15) is 53.6 Å². The van der Waals surface area contributed by atoms with Crippen molar-refractivity contribution in [3.8, 4) is 11.8 Å². The third kappa shape index (κ3) is 4.09. The molecule has 2 rings (SSSR count). The van der Waals surface area contributed by atoms with Gasteiger partial charge >= 0.3 is 0 Å². The molecule has 0 bridgehead atoms. The fourth-order valence-corrected chi connectivity index (χ4v) is 3.37. The third-order valence-electron chi connectivity index (χ3n) is 3.74. The Labute approximate surface area is 124 Å². The van der Waals surface area contributed by atoms with Crippen LogP contribution in [0, 0.1) is 17.8 Å². The van der Waals surface area contributed by atoms with Crippen LogP contribution in [-0.4, -0.2) is 23.7 Å². The molecule has 0 aromatic carbocycles. The molecule has 1 aromatic rings. The van der Waals surface area contributed by atoms with Crippen molar-refractivity contribution in [2.75, 3.05) is 6.61 Å². The van der Waals surface area contributed by atoms with Crippen LogP contribution in [0.2, 0.25) is 0 Å². The van der Waals surface area contributed by atoms with Gasteiger partial charge < -0.3 is 10.4 Å². The van der Waals surface area contributed by atoms with Crippen molar-refractivity contribution in [3.63, 3.8) is 0 Å². The van der Waals surface area contributed by atoms with E-state index in [1.54, 1.807) is 0 Å². The summed E-state index contributed by atoms with van der Waals surface area (Å²) in [6.45, 7) is 2.17. The van der Waals surface area contributed by atoms with Crippen LogP contribution >= 0.6 is 11.3 Å². The van der Waals surface area contributed by atoms with E-state index in [1.165, 1.54) is 37.0 Å². The number of rotatable bonds is 4. The summed E-state index contributed by atoms with van der Waals surface area (Å²) in [4.78, 5) is 13.7. The predicted octanol–water partition coefficient (Wildman–Crippen LogP) is 2.79. The first-order chi connectivity index (χ1) is 9.70. The van der Waals surface area contributed by atoms with E-state index in [0.717, 1.165) is 4.88 Å². The molecule has 1 aromatic heterocycles. The quantitative estimate of drug-likeness (QED) is 0.838. The lowest BCUT2D eigenvalue weighted by Crippen LogP contribution is -2.36. The molecular weight excluding hydrogens is 270 g/mol. The van der Waals surface area contributed by atoms with Crippen molar-refractivity contribution in [1.82, 2.24) is 5.32 Å². The summed E-state index contributed by atoms with van der Waals surface area (Å²) in [5.41, 5.74) is 0. The highest BCUT2D eigenvalue weighted by atomic mass is 32.1. The van der Waals surface area contributed by atoms with Crippen LogP contribution in [0.15, 0.2) is 12.1 Å². The van der Waals surface area contributed by atoms with E-state index >= 15 is 0 Å². The van der Waals surface area contributed by atoms with Crippen LogP contribution in [-0.2, 0) is 0 Å². The Bertz CT molecular complexity index is 506. The van der Waals surface area contributed by atoms with Crippen molar-refractivity contribution in [1.29, 1.82) is 0 Å². The molecule has 0 saturated heterocycles. The minimum atomic E-state index is 0.00427. The van der Waals surface area contributed by atoms with Crippen LogP contribution in [0.5, 0.6) is 0 Å². The molecule has 0 spiro atoms. The summed E-state index contributed by atoms with van der Waals surface area (Å²) in [5, 5.41) is 11.8. The van der Waals surface area contributed by atoms with Gasteiger partial charge in [-0.3, -0.25) is 4.79 Å². The Morgan fingerprint density at radius 1 is 1.50 bits per heavy atom. The summed E-state index contributed by atoms with van der Waals surface area (Å²) in [7, 11) is 0. The maximum Gasteiger partial charge on any atom is 0.261 e. The van der Waals surface area contributed by atoms with Gasteiger partial charge in [-0.1, -0.05) is 24.7 Å². The van der Waals surface area contributed by atoms with Gasteiger partial charge in [0.25, 0.3) is 5.91 Å². The molecule has 108 valence electrons. The van der Waals surface area contributed by atoms with Gasteiger partial charge in [-0.25, -0.2) is 0 Å². The maximum absolute atomic E-state index is 12.2. The molecule has 4 heteroatoms. The van der Waals surface area contributed by atoms with Gasteiger partial charge in [0.1, 0.15) is 0 Å². The second-order valence-electron chi connectivity index (χ2n) is 5.25. The van der Waals surface area contributed by atoms with Crippen molar-refractivity contribution >= 4 is 17.2 Å². The zero-order valence-corrected chi connectivity index (χ0v) is 12.6. The number of hydrogen-bond acceptors (Lipinski definition) is 3. The smallest absolute Gasteiger partial charge is 0.261 e. The van der Waals surface area contributed by atoms with Gasteiger partial charge in [0.15, 0.2) is 0 Å². The average molecular weight is 291 g/mol. The molecule has 1 fully saturated rings. The standard InChI is InChI=1S/C16H21NO2S/c1-12(13-6-2-3-7-13)17-16(19)15-10-9-14(20-15)8-4-5-11-18/h9-10,12-13,18H,2-3,5-7,11H2,1H3,(H,17,19). The van der Waals surface area contributed by atoms with Crippen molar-refractivity contribution < 1.29 is 9.90 Å². The van der Waals surface area contributed by atoms with Crippen LogP contribution < -0.4 is 5.32 Å². The number of hydrogen-bond donors (Lipinski definition) is 2. The van der Waals surface area contributed by atoms with E-state index in [9.17, 15) is 4.79 Å². The van der Waals surface area contributed by atoms with Gasteiger partial charge in [0.05, 0.1) is 16.4 Å². The lowest BCUT2D eigenvalue weighted by molar-refractivity contribution is 0.0931. The fraction of sp³-hybridized carbons (Fsp3) is 0.562. The predicted molar refractivity (Wildman–Crippen MR) is 81.8 cm³/mol. The number of thiophene rings is 1. The molecule has 0 aliphatic heterocycles. The zero-order valence-electron chi connectivity index (χ0n) is 11.8. The highest BCUT2D eigenvalue weighted by molar-refractivity contribution is 7.14. The molecule has 1 heterocycles. The third-order valence-corrected chi connectivity index (χ3v) is 4.74. The topological polar surface area (TPSA) is 49.3 Å². The van der Waals surface area contributed by atoms with E-state index in [-0.39, 0.29) is 18.6 Å². The lowest BCUT2D eigenvalue weighted by Gasteiger charge is -2.19. The number of carbonyl (C=O) groups excluding carboxylic acids is 1. The second-order valence-corrected chi connectivity index (χ2v) is 6.33. The summed E-state index contributed by atoms with van der Waals surface area (Å²) in [5.74, 6) is 6.46. The number of nitrogens with one attached hydrogen (secondary N) is 1. The average Bonchev–Trinajstić information content (AvgIpc) is 3.10. The van der Waals surface area contributed by atoms with Gasteiger partial charge in [-0.15, -0.1) is 11.3 Å². The van der Waals surface area contributed by atoms with E-state index in [1.807, 2.05) is 12.1 Å². The van der Waals surface area contributed by atoms with Crippen molar-refractivity contribution in [3.05, 3.63) is 21.9 Å². The van der Waals surface area contributed by atoms with Gasteiger partial charge in [0.2, 0.25) is 0 Å².